The SMILES string of the molecule is Cc1ncc(I)c(=O)n1CCc1ccc([N+](=O)[O-])cc1. The molecule has 104 valence electrons. The molecule has 1 aromatic heterocycles. The average Bonchev–Trinajstić information content (AvgIpc) is 2.43. The third-order valence-electron chi connectivity index (χ3n) is 2.98. The molecule has 1 aromatic carbocycles. The van der Waals surface area contributed by atoms with Crippen molar-refractivity contribution in [2.75, 3.05) is 0 Å². The standard InChI is InChI=1S/C13H12IN3O3/c1-9-15-8-12(14)13(18)16(9)7-6-10-2-4-11(5-3-10)17(19)20/h2-5,8H,6-7H2,1H3. The lowest BCUT2D eigenvalue weighted by Gasteiger charge is -2.09. The molecule has 7 heteroatoms. The van der Waals surface area contributed by atoms with Crippen LogP contribution in [0.15, 0.2) is 35.3 Å². The summed E-state index contributed by atoms with van der Waals surface area (Å²) >= 11 is 1.96. The Morgan fingerprint density at radius 1 is 1.35 bits per heavy atom. The summed E-state index contributed by atoms with van der Waals surface area (Å²) in [4.78, 5) is 26.3. The normalized spacial score (nSPS) is 10.5. The molecule has 2 aromatic rings. The smallest absolute Gasteiger partial charge is 0.269 e. The number of non-ortho nitro benzene ring substituents is 1. The maximum absolute atomic E-state index is 12.0. The number of nitro groups is 1. The molecule has 20 heavy (non-hydrogen) atoms. The van der Waals surface area contributed by atoms with Crippen LogP contribution in [0.5, 0.6) is 0 Å². The highest BCUT2D eigenvalue weighted by Gasteiger charge is 2.07. The molecule has 0 bridgehead atoms. The molecule has 0 N–H and O–H groups in total. The van der Waals surface area contributed by atoms with E-state index in [0.29, 0.717) is 22.4 Å². The molecule has 1 heterocycles. The molecule has 0 amide bonds. The van der Waals surface area contributed by atoms with Gasteiger partial charge in [-0.25, -0.2) is 4.98 Å². The van der Waals surface area contributed by atoms with Gasteiger partial charge in [-0.15, -0.1) is 0 Å². The van der Waals surface area contributed by atoms with Gasteiger partial charge in [-0.3, -0.25) is 19.5 Å². The van der Waals surface area contributed by atoms with E-state index in [0.717, 1.165) is 5.56 Å². The Hall–Kier alpha value is -1.77. The summed E-state index contributed by atoms with van der Waals surface area (Å²) in [6.45, 7) is 2.29. The molecule has 2 rings (SSSR count). The lowest BCUT2D eigenvalue weighted by atomic mass is 10.1. The third-order valence-corrected chi connectivity index (χ3v) is 3.72. The van der Waals surface area contributed by atoms with Gasteiger partial charge in [-0.1, -0.05) is 12.1 Å². The van der Waals surface area contributed by atoms with Crippen molar-refractivity contribution < 1.29 is 4.92 Å². The molecular weight excluding hydrogens is 373 g/mol. The average molecular weight is 385 g/mol. The van der Waals surface area contributed by atoms with Crippen LogP contribution in [0, 0.1) is 20.6 Å². The summed E-state index contributed by atoms with van der Waals surface area (Å²) in [5.74, 6) is 0.664. The van der Waals surface area contributed by atoms with Crippen molar-refractivity contribution in [2.45, 2.75) is 19.9 Å². The zero-order valence-electron chi connectivity index (χ0n) is 10.7. The fourth-order valence-corrected chi connectivity index (χ4v) is 2.27. The Morgan fingerprint density at radius 3 is 2.60 bits per heavy atom. The first-order valence-electron chi connectivity index (χ1n) is 5.94. The highest BCUT2D eigenvalue weighted by Crippen LogP contribution is 2.12. The van der Waals surface area contributed by atoms with Gasteiger partial charge in [-0.2, -0.15) is 0 Å². The summed E-state index contributed by atoms with van der Waals surface area (Å²) in [7, 11) is 0. The second-order valence-corrected chi connectivity index (χ2v) is 5.45. The monoisotopic (exact) mass is 385 g/mol. The maximum atomic E-state index is 12.0. The number of aromatic nitrogens is 2. The van der Waals surface area contributed by atoms with Crippen LogP contribution in [0.3, 0.4) is 0 Å². The van der Waals surface area contributed by atoms with E-state index in [4.69, 9.17) is 0 Å². The van der Waals surface area contributed by atoms with E-state index in [1.807, 2.05) is 22.6 Å². The minimum absolute atomic E-state index is 0.0555. The summed E-state index contributed by atoms with van der Waals surface area (Å²) in [5.41, 5.74) is 0.957. The second-order valence-electron chi connectivity index (χ2n) is 4.28. The van der Waals surface area contributed by atoms with Crippen LogP contribution in [-0.2, 0) is 13.0 Å². The molecule has 0 unspecified atom stereocenters. The lowest BCUT2D eigenvalue weighted by molar-refractivity contribution is -0.384. The Bertz CT molecular complexity index is 695. The summed E-state index contributed by atoms with van der Waals surface area (Å²) < 4.78 is 2.19. The van der Waals surface area contributed by atoms with Gasteiger partial charge in [0.1, 0.15) is 5.82 Å². The van der Waals surface area contributed by atoms with Crippen LogP contribution in [-0.4, -0.2) is 14.5 Å². The van der Waals surface area contributed by atoms with Gasteiger partial charge in [0.25, 0.3) is 11.2 Å². The quantitative estimate of drug-likeness (QED) is 0.460. The Morgan fingerprint density at radius 2 is 2.00 bits per heavy atom. The van der Waals surface area contributed by atoms with Gasteiger partial charge in [0, 0.05) is 24.9 Å². The van der Waals surface area contributed by atoms with Gasteiger partial charge in [0.15, 0.2) is 0 Å². The second kappa shape index (κ2) is 6.12. The number of nitro benzene ring substituents is 1. The van der Waals surface area contributed by atoms with E-state index in [9.17, 15) is 14.9 Å². The van der Waals surface area contributed by atoms with Crippen molar-refractivity contribution in [2.24, 2.45) is 0 Å². The summed E-state index contributed by atoms with van der Waals surface area (Å²) in [5, 5.41) is 10.6. The maximum Gasteiger partial charge on any atom is 0.269 e. The van der Waals surface area contributed by atoms with Gasteiger partial charge < -0.3 is 0 Å². The number of nitrogens with zero attached hydrogens (tertiary/aromatic N) is 3. The summed E-state index contributed by atoms with van der Waals surface area (Å²) in [6.07, 6.45) is 2.18. The minimum atomic E-state index is -0.429. The molecule has 0 aliphatic heterocycles. The van der Waals surface area contributed by atoms with Crippen molar-refractivity contribution in [3.8, 4) is 0 Å². The first-order valence-corrected chi connectivity index (χ1v) is 7.02. The predicted octanol–water partition coefficient (Wildman–Crippen LogP) is 2.31. The van der Waals surface area contributed by atoms with Crippen LogP contribution in [0.25, 0.3) is 0 Å². The minimum Gasteiger partial charge on any atom is -0.296 e. The molecule has 6 nitrogen and oxygen atoms in total. The van der Waals surface area contributed by atoms with Crippen LogP contribution in [0.2, 0.25) is 0 Å². The van der Waals surface area contributed by atoms with Gasteiger partial charge in [-0.05, 0) is 41.5 Å². The highest BCUT2D eigenvalue weighted by molar-refractivity contribution is 14.1. The summed E-state index contributed by atoms with van der Waals surface area (Å²) in [6, 6.07) is 6.36. The first kappa shape index (κ1) is 14.6. The predicted molar refractivity (Wildman–Crippen MR) is 82.8 cm³/mol. The van der Waals surface area contributed by atoms with E-state index in [2.05, 4.69) is 4.98 Å². The van der Waals surface area contributed by atoms with Crippen molar-refractivity contribution in [1.29, 1.82) is 0 Å². The number of aryl methyl sites for hydroxylation is 2. The molecule has 0 spiro atoms. The molecule has 0 radical (unpaired) electrons. The van der Waals surface area contributed by atoms with E-state index in [1.54, 1.807) is 29.8 Å². The lowest BCUT2D eigenvalue weighted by Crippen LogP contribution is -2.26. The third kappa shape index (κ3) is 3.21. The van der Waals surface area contributed by atoms with Gasteiger partial charge >= 0.3 is 0 Å². The first-order chi connectivity index (χ1) is 9.49. The van der Waals surface area contributed by atoms with Gasteiger partial charge in [0.05, 0.1) is 8.49 Å². The van der Waals surface area contributed by atoms with Crippen LogP contribution in [0.4, 0.5) is 5.69 Å². The van der Waals surface area contributed by atoms with Crippen molar-refractivity contribution >= 4 is 28.3 Å². The van der Waals surface area contributed by atoms with Crippen molar-refractivity contribution in [1.82, 2.24) is 9.55 Å². The number of hydrogen-bond donors (Lipinski definition) is 0. The van der Waals surface area contributed by atoms with Gasteiger partial charge in [0.2, 0.25) is 0 Å². The molecule has 0 saturated carbocycles. The Balaban J connectivity index is 2.15. The van der Waals surface area contributed by atoms with Crippen molar-refractivity contribution in [3.05, 3.63) is 65.9 Å². The van der Waals surface area contributed by atoms with Crippen molar-refractivity contribution in [3.63, 3.8) is 0 Å². The Labute approximate surface area is 128 Å². The van der Waals surface area contributed by atoms with Crippen LogP contribution < -0.4 is 5.56 Å². The molecule has 0 fully saturated rings. The number of halogens is 1. The van der Waals surface area contributed by atoms with Crippen LogP contribution >= 0.6 is 22.6 Å². The van der Waals surface area contributed by atoms with E-state index in [1.165, 1.54) is 12.1 Å². The Kier molecular flexibility index (Phi) is 4.48. The largest absolute Gasteiger partial charge is 0.296 e. The molecule has 0 aliphatic rings. The van der Waals surface area contributed by atoms with Crippen LogP contribution in [0.1, 0.15) is 11.4 Å². The zero-order valence-corrected chi connectivity index (χ0v) is 12.9. The molecule has 0 aliphatic carbocycles. The molecular formula is C13H12IN3O3. The van der Waals surface area contributed by atoms with E-state index >= 15 is 0 Å². The number of benzene rings is 1. The topological polar surface area (TPSA) is 78.0 Å². The fraction of sp³-hybridized carbons (Fsp3) is 0.231. The molecule has 0 saturated heterocycles. The molecule has 0 atom stereocenters. The highest BCUT2D eigenvalue weighted by atomic mass is 127. The van der Waals surface area contributed by atoms with E-state index in [-0.39, 0.29) is 11.2 Å². The number of hydrogen-bond acceptors (Lipinski definition) is 4. The number of rotatable bonds is 4. The fourth-order valence-electron chi connectivity index (χ4n) is 1.84. The van der Waals surface area contributed by atoms with E-state index < -0.39 is 4.92 Å². The zero-order chi connectivity index (χ0) is 14.7.